The van der Waals surface area contributed by atoms with Crippen LogP contribution in [0.15, 0.2) is 12.1 Å². The van der Waals surface area contributed by atoms with Gasteiger partial charge in [0.05, 0.1) is 5.69 Å². The van der Waals surface area contributed by atoms with Crippen LogP contribution in [0.5, 0.6) is 0 Å². The van der Waals surface area contributed by atoms with E-state index in [4.69, 9.17) is 5.90 Å². The SMILES string of the molecule is NOCc1ccc2[nH]nnc2n1. The molecule has 0 radical (unpaired) electrons. The van der Waals surface area contributed by atoms with E-state index in [9.17, 15) is 0 Å². The van der Waals surface area contributed by atoms with Crippen LogP contribution >= 0.6 is 0 Å². The van der Waals surface area contributed by atoms with Crippen LogP contribution in [0.3, 0.4) is 0 Å². The Labute approximate surface area is 67.7 Å². The van der Waals surface area contributed by atoms with E-state index < -0.39 is 0 Å². The Morgan fingerprint density at radius 1 is 1.50 bits per heavy atom. The van der Waals surface area contributed by atoms with Crippen LogP contribution in [0, 0.1) is 0 Å². The number of rotatable bonds is 2. The second kappa shape index (κ2) is 2.84. The number of hydrogen-bond donors (Lipinski definition) is 2. The monoisotopic (exact) mass is 165 g/mol. The van der Waals surface area contributed by atoms with E-state index >= 15 is 0 Å². The standard InChI is InChI=1S/C6H7N5O/c7-12-3-4-1-2-5-6(8-4)10-11-9-5/h1-2H,3,7H2,(H,8,9,10,11). The highest BCUT2D eigenvalue weighted by atomic mass is 16.6. The molecular formula is C6H7N5O. The molecule has 12 heavy (non-hydrogen) atoms. The number of pyridine rings is 1. The zero-order valence-electron chi connectivity index (χ0n) is 6.19. The maximum absolute atomic E-state index is 4.90. The molecule has 0 fully saturated rings. The van der Waals surface area contributed by atoms with Gasteiger partial charge in [0, 0.05) is 0 Å². The molecule has 2 aromatic rings. The number of nitrogens with two attached hydrogens (primary N) is 1. The molecule has 2 heterocycles. The Bertz CT molecular complexity index is 384. The number of H-pyrrole nitrogens is 1. The van der Waals surface area contributed by atoms with Crippen molar-refractivity contribution in [2.75, 3.05) is 0 Å². The minimum absolute atomic E-state index is 0.281. The zero-order valence-corrected chi connectivity index (χ0v) is 6.19. The van der Waals surface area contributed by atoms with Crippen LogP contribution in [-0.4, -0.2) is 20.4 Å². The smallest absolute Gasteiger partial charge is 0.201 e. The third kappa shape index (κ3) is 1.13. The highest BCUT2D eigenvalue weighted by molar-refractivity contribution is 5.68. The van der Waals surface area contributed by atoms with Crippen LogP contribution in [0.25, 0.3) is 11.2 Å². The molecule has 0 saturated heterocycles. The summed E-state index contributed by atoms with van der Waals surface area (Å²) in [5.74, 6) is 4.90. The van der Waals surface area contributed by atoms with E-state index in [0.717, 1.165) is 11.2 Å². The third-order valence-electron chi connectivity index (χ3n) is 1.48. The molecule has 0 aliphatic heterocycles. The van der Waals surface area contributed by atoms with Crippen LogP contribution in [0.1, 0.15) is 5.69 Å². The fourth-order valence-corrected chi connectivity index (χ4v) is 0.943. The van der Waals surface area contributed by atoms with Crippen LogP contribution in [0.2, 0.25) is 0 Å². The average molecular weight is 165 g/mol. The number of fused-ring (bicyclic) bond motifs is 1. The minimum atomic E-state index is 0.281. The van der Waals surface area contributed by atoms with Crippen LogP contribution in [0.4, 0.5) is 0 Å². The topological polar surface area (TPSA) is 89.7 Å². The lowest BCUT2D eigenvalue weighted by atomic mass is 10.3. The van der Waals surface area contributed by atoms with Gasteiger partial charge >= 0.3 is 0 Å². The summed E-state index contributed by atoms with van der Waals surface area (Å²) in [6, 6.07) is 3.63. The first kappa shape index (κ1) is 7.14. The highest BCUT2D eigenvalue weighted by Gasteiger charge is 1.99. The van der Waals surface area contributed by atoms with Crippen molar-refractivity contribution in [3.05, 3.63) is 17.8 Å². The van der Waals surface area contributed by atoms with E-state index in [2.05, 4.69) is 25.2 Å². The maximum Gasteiger partial charge on any atom is 0.201 e. The number of hydrogen-bond acceptors (Lipinski definition) is 5. The maximum atomic E-state index is 4.90. The van der Waals surface area contributed by atoms with Gasteiger partial charge in [0.25, 0.3) is 0 Å². The van der Waals surface area contributed by atoms with Crippen molar-refractivity contribution >= 4 is 11.2 Å². The van der Waals surface area contributed by atoms with E-state index in [1.807, 2.05) is 6.07 Å². The summed E-state index contributed by atoms with van der Waals surface area (Å²) in [5.41, 5.74) is 2.11. The van der Waals surface area contributed by atoms with Crippen molar-refractivity contribution in [2.45, 2.75) is 6.61 Å². The fourth-order valence-electron chi connectivity index (χ4n) is 0.943. The van der Waals surface area contributed by atoms with Crippen molar-refractivity contribution in [3.63, 3.8) is 0 Å². The van der Waals surface area contributed by atoms with Crippen molar-refractivity contribution in [1.29, 1.82) is 0 Å². The van der Waals surface area contributed by atoms with Gasteiger partial charge in [0.2, 0.25) is 5.65 Å². The molecule has 0 aliphatic carbocycles. The molecule has 0 bridgehead atoms. The van der Waals surface area contributed by atoms with E-state index in [1.165, 1.54) is 0 Å². The fraction of sp³-hybridized carbons (Fsp3) is 0.167. The molecular weight excluding hydrogens is 158 g/mol. The van der Waals surface area contributed by atoms with Gasteiger partial charge in [-0.05, 0) is 12.1 Å². The number of nitrogens with zero attached hydrogens (tertiary/aromatic N) is 3. The quantitative estimate of drug-likeness (QED) is 0.598. The summed E-state index contributed by atoms with van der Waals surface area (Å²) in [5, 5.41) is 10.0. The summed E-state index contributed by atoms with van der Waals surface area (Å²) in [6.45, 7) is 0.281. The van der Waals surface area contributed by atoms with Gasteiger partial charge in [-0.15, -0.1) is 5.10 Å². The van der Waals surface area contributed by atoms with Gasteiger partial charge in [-0.3, -0.25) is 9.94 Å². The lowest BCUT2D eigenvalue weighted by Gasteiger charge is -1.95. The van der Waals surface area contributed by atoms with Gasteiger partial charge in [0.15, 0.2) is 0 Å². The lowest BCUT2D eigenvalue weighted by molar-refractivity contribution is 0.121. The zero-order chi connectivity index (χ0) is 8.39. The van der Waals surface area contributed by atoms with Gasteiger partial charge in [-0.1, -0.05) is 5.21 Å². The van der Waals surface area contributed by atoms with E-state index in [1.54, 1.807) is 6.07 Å². The van der Waals surface area contributed by atoms with Crippen molar-refractivity contribution in [2.24, 2.45) is 5.90 Å². The van der Waals surface area contributed by atoms with Gasteiger partial charge in [-0.2, -0.15) is 0 Å². The first-order valence-electron chi connectivity index (χ1n) is 3.38. The van der Waals surface area contributed by atoms with Crippen molar-refractivity contribution < 1.29 is 4.84 Å². The molecule has 0 saturated carbocycles. The molecule has 6 nitrogen and oxygen atoms in total. The molecule has 2 aromatic heterocycles. The predicted octanol–water partition coefficient (Wildman–Crippen LogP) is -0.257. The third-order valence-corrected chi connectivity index (χ3v) is 1.48. The number of nitrogens with one attached hydrogen (secondary N) is 1. The number of aromatic nitrogens is 4. The van der Waals surface area contributed by atoms with Crippen LogP contribution in [-0.2, 0) is 11.4 Å². The lowest BCUT2D eigenvalue weighted by Crippen LogP contribution is -2.00. The molecule has 0 aromatic carbocycles. The number of aromatic amines is 1. The second-order valence-corrected chi connectivity index (χ2v) is 2.30. The molecule has 2 rings (SSSR count). The molecule has 0 aliphatic rings. The van der Waals surface area contributed by atoms with Crippen LogP contribution < -0.4 is 5.90 Å². The summed E-state index contributed by atoms with van der Waals surface area (Å²) in [6.07, 6.45) is 0. The van der Waals surface area contributed by atoms with Gasteiger partial charge in [-0.25, -0.2) is 10.9 Å². The largest absolute Gasteiger partial charge is 0.298 e. The van der Waals surface area contributed by atoms with Crippen molar-refractivity contribution in [1.82, 2.24) is 20.4 Å². The van der Waals surface area contributed by atoms with Crippen molar-refractivity contribution in [3.8, 4) is 0 Å². The van der Waals surface area contributed by atoms with E-state index in [-0.39, 0.29) is 6.61 Å². The molecule has 0 spiro atoms. The normalized spacial score (nSPS) is 10.8. The second-order valence-electron chi connectivity index (χ2n) is 2.30. The molecule has 6 heteroatoms. The molecule has 0 amide bonds. The first-order chi connectivity index (χ1) is 5.90. The summed E-state index contributed by atoms with van der Waals surface area (Å²) >= 11 is 0. The Kier molecular flexibility index (Phi) is 1.69. The summed E-state index contributed by atoms with van der Waals surface area (Å²) in [4.78, 5) is 8.55. The highest BCUT2D eigenvalue weighted by Crippen LogP contribution is 2.05. The summed E-state index contributed by atoms with van der Waals surface area (Å²) < 4.78 is 0. The Balaban J connectivity index is 2.46. The minimum Gasteiger partial charge on any atom is -0.298 e. The molecule has 3 N–H and O–H groups in total. The molecule has 0 unspecified atom stereocenters. The average Bonchev–Trinajstić information content (AvgIpc) is 2.51. The molecule has 62 valence electrons. The van der Waals surface area contributed by atoms with Gasteiger partial charge < -0.3 is 0 Å². The van der Waals surface area contributed by atoms with E-state index in [0.29, 0.717) is 5.65 Å². The van der Waals surface area contributed by atoms with Gasteiger partial charge in [0.1, 0.15) is 12.1 Å². The first-order valence-corrected chi connectivity index (χ1v) is 3.38. The molecule has 0 atom stereocenters. The summed E-state index contributed by atoms with van der Waals surface area (Å²) in [7, 11) is 0. The Hall–Kier alpha value is -1.53. The predicted molar refractivity (Wildman–Crippen MR) is 40.7 cm³/mol. The Morgan fingerprint density at radius 2 is 2.42 bits per heavy atom. The Morgan fingerprint density at radius 3 is 3.25 bits per heavy atom.